The molecule has 1 aliphatic carbocycles. The van der Waals surface area contributed by atoms with E-state index in [0.717, 1.165) is 12.0 Å². The number of benzene rings is 1. The maximum atomic E-state index is 11.6. The molecule has 0 spiro atoms. The molecule has 0 saturated carbocycles. The molecular formula is C12H15NO. The van der Waals surface area contributed by atoms with Gasteiger partial charge in [0.25, 0.3) is 0 Å². The van der Waals surface area contributed by atoms with Gasteiger partial charge in [0.2, 0.25) is 0 Å². The van der Waals surface area contributed by atoms with Crippen molar-refractivity contribution in [3.63, 3.8) is 0 Å². The molecule has 0 amide bonds. The molecule has 1 N–H and O–H groups in total. The number of nitrogens with one attached hydrogen (secondary N) is 1. The largest absolute Gasteiger partial charge is 0.313 e. The van der Waals surface area contributed by atoms with Crippen LogP contribution in [-0.4, -0.2) is 19.4 Å². The molecule has 14 heavy (non-hydrogen) atoms. The van der Waals surface area contributed by atoms with Crippen molar-refractivity contribution in [1.82, 2.24) is 5.32 Å². The first-order chi connectivity index (χ1) is 6.81. The Kier molecular flexibility index (Phi) is 2.64. The summed E-state index contributed by atoms with van der Waals surface area (Å²) in [5, 5.41) is 2.88. The second kappa shape index (κ2) is 3.93. The zero-order valence-electron chi connectivity index (χ0n) is 8.47. The van der Waals surface area contributed by atoms with Crippen LogP contribution in [0.25, 0.3) is 0 Å². The summed E-state index contributed by atoms with van der Waals surface area (Å²) in [7, 11) is 1.80. The predicted octanol–water partition coefficient (Wildman–Crippen LogP) is 1.58. The van der Waals surface area contributed by atoms with Crippen molar-refractivity contribution in [1.29, 1.82) is 0 Å². The van der Waals surface area contributed by atoms with Gasteiger partial charge in [-0.15, -0.1) is 0 Å². The van der Waals surface area contributed by atoms with Crippen molar-refractivity contribution in [2.75, 3.05) is 13.6 Å². The number of carbonyl (C=O) groups excluding carboxylic acids is 1. The summed E-state index contributed by atoms with van der Waals surface area (Å²) < 4.78 is 0. The van der Waals surface area contributed by atoms with E-state index < -0.39 is 0 Å². The summed E-state index contributed by atoms with van der Waals surface area (Å²) in [6.45, 7) is 0.429. The number of hydrogen-bond acceptors (Lipinski definition) is 2. The Morgan fingerprint density at radius 3 is 2.93 bits per heavy atom. The van der Waals surface area contributed by atoms with E-state index in [1.807, 2.05) is 6.07 Å². The van der Waals surface area contributed by atoms with Crippen molar-refractivity contribution in [2.45, 2.75) is 19.3 Å². The zero-order valence-corrected chi connectivity index (χ0v) is 8.47. The third-order valence-electron chi connectivity index (χ3n) is 2.76. The van der Waals surface area contributed by atoms with Crippen LogP contribution < -0.4 is 5.32 Å². The van der Waals surface area contributed by atoms with E-state index >= 15 is 0 Å². The third-order valence-corrected chi connectivity index (χ3v) is 2.76. The molecule has 0 saturated heterocycles. The first-order valence-electron chi connectivity index (χ1n) is 5.11. The zero-order chi connectivity index (χ0) is 9.97. The standard InChI is InChI=1S/C12H15NO/c1-13-8-12(14)11-6-5-9-3-2-4-10(9)7-11/h5-7,13H,2-4,8H2,1H3. The molecule has 0 fully saturated rings. The maximum absolute atomic E-state index is 11.6. The molecule has 0 heterocycles. The molecule has 1 aromatic rings. The minimum absolute atomic E-state index is 0.183. The van der Waals surface area contributed by atoms with Gasteiger partial charge < -0.3 is 5.32 Å². The number of ketones is 1. The number of rotatable bonds is 3. The summed E-state index contributed by atoms with van der Waals surface area (Å²) in [5.41, 5.74) is 3.64. The van der Waals surface area contributed by atoms with Gasteiger partial charge in [0.05, 0.1) is 6.54 Å². The lowest BCUT2D eigenvalue weighted by molar-refractivity contribution is 0.0993. The molecule has 0 bridgehead atoms. The lowest BCUT2D eigenvalue weighted by Gasteiger charge is -2.03. The number of Topliss-reactive ketones (excluding diaryl/α,β-unsaturated/α-hetero) is 1. The molecule has 1 aliphatic rings. The van der Waals surface area contributed by atoms with Crippen molar-refractivity contribution < 1.29 is 4.79 Å². The summed E-state index contributed by atoms with van der Waals surface area (Å²) in [5.74, 6) is 0.183. The Morgan fingerprint density at radius 2 is 2.14 bits per heavy atom. The topological polar surface area (TPSA) is 29.1 Å². The lowest BCUT2D eigenvalue weighted by atomic mass is 10.0. The quantitative estimate of drug-likeness (QED) is 0.731. The summed E-state index contributed by atoms with van der Waals surface area (Å²) in [6, 6.07) is 6.11. The van der Waals surface area contributed by atoms with Crippen LogP contribution in [0.15, 0.2) is 18.2 Å². The van der Waals surface area contributed by atoms with Crippen LogP contribution in [-0.2, 0) is 12.8 Å². The number of fused-ring (bicyclic) bond motifs is 1. The van der Waals surface area contributed by atoms with Gasteiger partial charge >= 0.3 is 0 Å². The van der Waals surface area contributed by atoms with Gasteiger partial charge in [-0.25, -0.2) is 0 Å². The minimum atomic E-state index is 0.183. The average molecular weight is 189 g/mol. The highest BCUT2D eigenvalue weighted by Crippen LogP contribution is 2.22. The van der Waals surface area contributed by atoms with Crippen LogP contribution in [0, 0.1) is 0 Å². The van der Waals surface area contributed by atoms with Gasteiger partial charge in [-0.05, 0) is 43.5 Å². The molecule has 74 valence electrons. The molecule has 1 aromatic carbocycles. The van der Waals surface area contributed by atoms with E-state index in [1.165, 1.54) is 24.0 Å². The van der Waals surface area contributed by atoms with E-state index in [4.69, 9.17) is 0 Å². The Balaban J connectivity index is 2.24. The highest BCUT2D eigenvalue weighted by molar-refractivity contribution is 5.97. The lowest BCUT2D eigenvalue weighted by Crippen LogP contribution is -2.18. The molecule has 2 nitrogen and oxygen atoms in total. The molecule has 0 aromatic heterocycles. The third kappa shape index (κ3) is 1.70. The maximum Gasteiger partial charge on any atom is 0.176 e. The van der Waals surface area contributed by atoms with Crippen molar-refractivity contribution in [3.8, 4) is 0 Å². The van der Waals surface area contributed by atoms with Crippen molar-refractivity contribution in [2.24, 2.45) is 0 Å². The van der Waals surface area contributed by atoms with E-state index in [9.17, 15) is 4.79 Å². The number of aryl methyl sites for hydroxylation is 2. The summed E-state index contributed by atoms with van der Waals surface area (Å²) in [6.07, 6.45) is 3.55. The van der Waals surface area contributed by atoms with Gasteiger partial charge in [0, 0.05) is 5.56 Å². The Morgan fingerprint density at radius 1 is 1.36 bits per heavy atom. The first kappa shape index (κ1) is 9.41. The monoisotopic (exact) mass is 189 g/mol. The van der Waals surface area contributed by atoms with E-state index in [2.05, 4.69) is 17.4 Å². The van der Waals surface area contributed by atoms with E-state index in [-0.39, 0.29) is 5.78 Å². The molecule has 0 radical (unpaired) electrons. The Labute approximate surface area is 84.3 Å². The van der Waals surface area contributed by atoms with Gasteiger partial charge in [-0.1, -0.05) is 12.1 Å². The van der Waals surface area contributed by atoms with Crippen LogP contribution in [0.1, 0.15) is 27.9 Å². The van der Waals surface area contributed by atoms with E-state index in [0.29, 0.717) is 6.54 Å². The Hall–Kier alpha value is -1.15. The normalized spacial score (nSPS) is 14.1. The van der Waals surface area contributed by atoms with Crippen LogP contribution in [0.3, 0.4) is 0 Å². The fourth-order valence-corrected chi connectivity index (χ4v) is 2.01. The summed E-state index contributed by atoms with van der Waals surface area (Å²) >= 11 is 0. The molecular weight excluding hydrogens is 174 g/mol. The number of carbonyl (C=O) groups is 1. The molecule has 2 rings (SSSR count). The van der Waals surface area contributed by atoms with Crippen LogP contribution >= 0.6 is 0 Å². The highest BCUT2D eigenvalue weighted by atomic mass is 16.1. The average Bonchev–Trinajstić information content (AvgIpc) is 2.64. The van der Waals surface area contributed by atoms with Crippen molar-refractivity contribution >= 4 is 5.78 Å². The SMILES string of the molecule is CNCC(=O)c1ccc2c(c1)CCC2. The van der Waals surface area contributed by atoms with Crippen LogP contribution in [0.2, 0.25) is 0 Å². The van der Waals surface area contributed by atoms with Crippen LogP contribution in [0.4, 0.5) is 0 Å². The Bertz CT molecular complexity index is 357. The fourth-order valence-electron chi connectivity index (χ4n) is 2.01. The van der Waals surface area contributed by atoms with E-state index in [1.54, 1.807) is 7.05 Å². The summed E-state index contributed by atoms with van der Waals surface area (Å²) in [4.78, 5) is 11.6. The molecule has 0 aliphatic heterocycles. The van der Waals surface area contributed by atoms with Crippen LogP contribution in [0.5, 0.6) is 0 Å². The predicted molar refractivity (Wildman–Crippen MR) is 56.7 cm³/mol. The molecule has 0 unspecified atom stereocenters. The van der Waals surface area contributed by atoms with Gasteiger partial charge in [0.1, 0.15) is 0 Å². The highest BCUT2D eigenvalue weighted by Gasteiger charge is 2.13. The molecule has 2 heteroatoms. The fraction of sp³-hybridized carbons (Fsp3) is 0.417. The second-order valence-electron chi connectivity index (χ2n) is 3.79. The van der Waals surface area contributed by atoms with Gasteiger partial charge in [0.15, 0.2) is 5.78 Å². The number of hydrogen-bond donors (Lipinski definition) is 1. The smallest absolute Gasteiger partial charge is 0.176 e. The number of likely N-dealkylation sites (N-methyl/N-ethyl adjacent to an activating group) is 1. The van der Waals surface area contributed by atoms with Gasteiger partial charge in [-0.3, -0.25) is 4.79 Å². The molecule has 0 atom stereocenters. The first-order valence-corrected chi connectivity index (χ1v) is 5.11. The van der Waals surface area contributed by atoms with Crippen molar-refractivity contribution in [3.05, 3.63) is 34.9 Å². The second-order valence-corrected chi connectivity index (χ2v) is 3.79. The minimum Gasteiger partial charge on any atom is -0.313 e. The van der Waals surface area contributed by atoms with Gasteiger partial charge in [-0.2, -0.15) is 0 Å².